The van der Waals surface area contributed by atoms with E-state index in [9.17, 15) is 4.39 Å². The van der Waals surface area contributed by atoms with Gasteiger partial charge in [0.05, 0.1) is 18.0 Å². The van der Waals surface area contributed by atoms with Gasteiger partial charge < -0.3 is 15.0 Å². The first-order valence-corrected chi connectivity index (χ1v) is 8.91. The van der Waals surface area contributed by atoms with E-state index >= 15 is 0 Å². The molecule has 0 bridgehead atoms. The van der Waals surface area contributed by atoms with Crippen molar-refractivity contribution in [3.8, 4) is 17.0 Å². The minimum atomic E-state index is -0.366. The van der Waals surface area contributed by atoms with Gasteiger partial charge in [0.2, 0.25) is 5.88 Å². The Labute approximate surface area is 149 Å². The van der Waals surface area contributed by atoms with E-state index in [2.05, 4.69) is 20.4 Å². The minimum absolute atomic E-state index is 0.243. The van der Waals surface area contributed by atoms with Gasteiger partial charge in [-0.25, -0.2) is 18.9 Å². The maximum absolute atomic E-state index is 14.6. The summed E-state index contributed by atoms with van der Waals surface area (Å²) in [5, 5.41) is 7.55. The van der Waals surface area contributed by atoms with E-state index in [-0.39, 0.29) is 11.9 Å². The lowest BCUT2D eigenvalue weighted by molar-refractivity contribution is 0.292. The molecule has 1 N–H and O–H groups in total. The Morgan fingerprint density at radius 1 is 1.19 bits per heavy atom. The van der Waals surface area contributed by atoms with Gasteiger partial charge in [-0.15, -0.1) is 0 Å². The van der Waals surface area contributed by atoms with Crippen LogP contribution in [0.2, 0.25) is 0 Å². The number of nitrogens with zero attached hydrogens (tertiary/aromatic N) is 5. The Morgan fingerprint density at radius 3 is 2.85 bits per heavy atom. The van der Waals surface area contributed by atoms with Crippen molar-refractivity contribution in [3.05, 3.63) is 36.5 Å². The van der Waals surface area contributed by atoms with Crippen LogP contribution in [0.5, 0.6) is 5.88 Å². The fourth-order valence-electron chi connectivity index (χ4n) is 3.20. The predicted octanol–water partition coefficient (Wildman–Crippen LogP) is 1.88. The van der Waals surface area contributed by atoms with Crippen molar-refractivity contribution in [2.75, 3.05) is 31.1 Å². The Bertz CT molecular complexity index is 948. The fraction of sp³-hybridized carbons (Fsp3) is 0.389. The van der Waals surface area contributed by atoms with E-state index in [4.69, 9.17) is 4.74 Å². The smallest absolute Gasteiger partial charge is 0.221 e. The van der Waals surface area contributed by atoms with Crippen molar-refractivity contribution < 1.29 is 9.13 Å². The molecule has 0 unspecified atom stereocenters. The molecule has 134 valence electrons. The number of piperazine rings is 1. The number of hydrogen-bond donors (Lipinski definition) is 1. The van der Waals surface area contributed by atoms with Crippen LogP contribution in [0.25, 0.3) is 16.8 Å². The molecule has 2 fully saturated rings. The average molecular weight is 354 g/mol. The van der Waals surface area contributed by atoms with Gasteiger partial charge in [-0.05, 0) is 25.0 Å². The second kappa shape index (κ2) is 6.21. The van der Waals surface area contributed by atoms with Crippen molar-refractivity contribution >= 4 is 11.5 Å². The van der Waals surface area contributed by atoms with E-state index in [1.807, 2.05) is 17.0 Å². The third-order valence-corrected chi connectivity index (χ3v) is 4.71. The number of aromatic nitrogens is 4. The number of pyridine rings is 1. The van der Waals surface area contributed by atoms with Crippen LogP contribution in [0.15, 0.2) is 30.7 Å². The largest absolute Gasteiger partial charge is 0.474 e. The molecule has 0 atom stereocenters. The number of anilines is 1. The first kappa shape index (κ1) is 15.5. The van der Waals surface area contributed by atoms with Crippen LogP contribution >= 0.6 is 0 Å². The Hall–Kier alpha value is -2.74. The molecular formula is C18H19FN6O. The summed E-state index contributed by atoms with van der Waals surface area (Å²) in [6.45, 7) is 3.10. The van der Waals surface area contributed by atoms with Gasteiger partial charge in [0.15, 0.2) is 17.3 Å². The molecule has 0 amide bonds. The van der Waals surface area contributed by atoms with Crippen molar-refractivity contribution in [1.29, 1.82) is 0 Å². The zero-order chi connectivity index (χ0) is 17.5. The van der Waals surface area contributed by atoms with Crippen molar-refractivity contribution in [2.24, 2.45) is 0 Å². The van der Waals surface area contributed by atoms with Crippen molar-refractivity contribution in [3.63, 3.8) is 0 Å². The van der Waals surface area contributed by atoms with Gasteiger partial charge in [0.25, 0.3) is 0 Å². The first-order chi connectivity index (χ1) is 12.8. The van der Waals surface area contributed by atoms with Gasteiger partial charge in [-0.1, -0.05) is 0 Å². The zero-order valence-corrected chi connectivity index (χ0v) is 14.2. The lowest BCUT2D eigenvalue weighted by atomic mass is 10.1. The highest BCUT2D eigenvalue weighted by Crippen LogP contribution is 2.35. The summed E-state index contributed by atoms with van der Waals surface area (Å²) in [5.74, 6) is 0.587. The zero-order valence-electron chi connectivity index (χ0n) is 14.2. The number of fused-ring (bicyclic) bond motifs is 1. The van der Waals surface area contributed by atoms with E-state index in [0.29, 0.717) is 17.3 Å². The molecule has 0 spiro atoms. The first-order valence-electron chi connectivity index (χ1n) is 8.91. The van der Waals surface area contributed by atoms with E-state index < -0.39 is 0 Å². The Kier molecular flexibility index (Phi) is 3.70. The molecule has 5 rings (SSSR count). The maximum Gasteiger partial charge on any atom is 0.221 e. The van der Waals surface area contributed by atoms with Crippen LogP contribution < -0.4 is 15.0 Å². The number of ether oxygens (including phenoxy) is 1. The van der Waals surface area contributed by atoms with Crippen molar-refractivity contribution in [2.45, 2.75) is 18.9 Å². The van der Waals surface area contributed by atoms with Crippen LogP contribution in [0, 0.1) is 5.82 Å². The Morgan fingerprint density at radius 2 is 2.04 bits per heavy atom. The lowest BCUT2D eigenvalue weighted by Gasteiger charge is -2.28. The van der Waals surface area contributed by atoms with Gasteiger partial charge in [0, 0.05) is 37.9 Å². The monoisotopic (exact) mass is 354 g/mol. The van der Waals surface area contributed by atoms with Crippen LogP contribution in [-0.4, -0.2) is 51.9 Å². The van der Waals surface area contributed by atoms with E-state index in [1.165, 1.54) is 10.7 Å². The van der Waals surface area contributed by atoms with Gasteiger partial charge in [-0.2, -0.15) is 5.10 Å². The summed E-state index contributed by atoms with van der Waals surface area (Å²) < 4.78 is 22.0. The molecule has 3 aromatic heterocycles. The number of nitrogens with one attached hydrogen (secondary N) is 1. The molecule has 1 saturated heterocycles. The maximum atomic E-state index is 14.6. The quantitative estimate of drug-likeness (QED) is 0.772. The fourth-order valence-corrected chi connectivity index (χ4v) is 3.20. The van der Waals surface area contributed by atoms with Crippen LogP contribution in [0.1, 0.15) is 12.8 Å². The van der Waals surface area contributed by atoms with Crippen LogP contribution in [0.4, 0.5) is 10.2 Å². The normalized spacial score (nSPS) is 17.7. The summed E-state index contributed by atoms with van der Waals surface area (Å²) in [6, 6.07) is 3.80. The number of halogens is 1. The predicted molar refractivity (Wildman–Crippen MR) is 94.9 cm³/mol. The summed E-state index contributed by atoms with van der Waals surface area (Å²) in [4.78, 5) is 10.9. The molecule has 2 aliphatic rings. The topological polar surface area (TPSA) is 67.6 Å². The van der Waals surface area contributed by atoms with Crippen LogP contribution in [0.3, 0.4) is 0 Å². The third-order valence-electron chi connectivity index (χ3n) is 4.71. The summed E-state index contributed by atoms with van der Waals surface area (Å²) in [7, 11) is 0. The summed E-state index contributed by atoms with van der Waals surface area (Å²) in [6.07, 6.45) is 7.16. The molecule has 7 nitrogen and oxygen atoms in total. The average Bonchev–Trinajstić information content (AvgIpc) is 3.40. The second-order valence-electron chi connectivity index (χ2n) is 6.65. The molecule has 26 heavy (non-hydrogen) atoms. The van der Waals surface area contributed by atoms with Gasteiger partial charge in [-0.3, -0.25) is 0 Å². The summed E-state index contributed by atoms with van der Waals surface area (Å²) in [5.41, 5.74) is 2.23. The number of rotatable bonds is 4. The molecule has 0 radical (unpaired) electrons. The second-order valence-corrected chi connectivity index (χ2v) is 6.65. The Balaban J connectivity index is 1.60. The molecule has 0 aromatic carbocycles. The van der Waals surface area contributed by atoms with Gasteiger partial charge >= 0.3 is 0 Å². The molecule has 3 aromatic rings. The molecule has 8 heteroatoms. The molecule has 1 aliphatic carbocycles. The van der Waals surface area contributed by atoms with Crippen LogP contribution in [-0.2, 0) is 0 Å². The van der Waals surface area contributed by atoms with E-state index in [0.717, 1.165) is 50.1 Å². The third kappa shape index (κ3) is 2.76. The van der Waals surface area contributed by atoms with E-state index in [1.54, 1.807) is 12.4 Å². The standard InChI is InChI=1S/C18H19FN6O/c19-15-11-25-16(23-17(15)24-8-6-20-7-9-24)14(10-22-25)13-2-1-5-21-18(13)26-12-3-4-12/h1-2,5,10-12,20H,3-4,6-9H2. The van der Waals surface area contributed by atoms with Gasteiger partial charge in [0.1, 0.15) is 6.10 Å². The van der Waals surface area contributed by atoms with Crippen molar-refractivity contribution in [1.82, 2.24) is 24.9 Å². The minimum Gasteiger partial charge on any atom is -0.474 e. The highest BCUT2D eigenvalue weighted by atomic mass is 19.1. The lowest BCUT2D eigenvalue weighted by Crippen LogP contribution is -2.44. The highest BCUT2D eigenvalue weighted by molar-refractivity contribution is 5.80. The SMILES string of the molecule is Fc1cn2ncc(-c3cccnc3OC3CC3)c2nc1N1CCNCC1. The molecule has 1 saturated carbocycles. The molecular weight excluding hydrogens is 335 g/mol. The highest BCUT2D eigenvalue weighted by Gasteiger charge is 2.26. The molecule has 4 heterocycles. The molecule has 1 aliphatic heterocycles. The number of hydrogen-bond acceptors (Lipinski definition) is 6. The summed E-state index contributed by atoms with van der Waals surface area (Å²) >= 11 is 0.